The van der Waals surface area contributed by atoms with Crippen molar-refractivity contribution >= 4 is 45.8 Å². The number of hydrogen-bond donors (Lipinski definition) is 1. The fourth-order valence-corrected chi connectivity index (χ4v) is 2.32. The summed E-state index contributed by atoms with van der Waals surface area (Å²) in [5, 5.41) is 3.79. The predicted molar refractivity (Wildman–Crippen MR) is 80.0 cm³/mol. The summed E-state index contributed by atoms with van der Waals surface area (Å²) in [5.74, 6) is 0.0852. The summed E-state index contributed by atoms with van der Waals surface area (Å²) in [5.41, 5.74) is 1.03. The molecule has 0 amide bonds. The highest BCUT2D eigenvalue weighted by Gasteiger charge is 2.08. The minimum Gasteiger partial charge on any atom is -0.418 e. The Bertz CT molecular complexity index is 826. The average molecular weight is 307 g/mol. The molecule has 0 fully saturated rings. The van der Waals surface area contributed by atoms with Gasteiger partial charge in [0, 0.05) is 15.7 Å². The maximum atomic E-state index is 11.8. The van der Waals surface area contributed by atoms with Gasteiger partial charge in [-0.05, 0) is 30.3 Å². The molecule has 20 heavy (non-hydrogen) atoms. The molecule has 100 valence electrons. The highest BCUT2D eigenvalue weighted by Crippen LogP contribution is 2.24. The van der Waals surface area contributed by atoms with Crippen LogP contribution in [0.5, 0.6) is 0 Å². The third-order valence-corrected chi connectivity index (χ3v) is 3.06. The molecular formula is C14H8Cl2N2O2. The largest absolute Gasteiger partial charge is 0.418 e. The van der Waals surface area contributed by atoms with E-state index in [2.05, 4.69) is 10.3 Å². The van der Waals surface area contributed by atoms with Gasteiger partial charge >= 0.3 is 5.63 Å². The molecule has 0 saturated carbocycles. The number of halogens is 2. The van der Waals surface area contributed by atoms with Crippen molar-refractivity contribution < 1.29 is 4.42 Å². The number of aromatic nitrogens is 1. The van der Waals surface area contributed by atoms with Crippen molar-refractivity contribution in [1.82, 2.24) is 4.98 Å². The van der Waals surface area contributed by atoms with Crippen LogP contribution in [0.1, 0.15) is 0 Å². The molecular weight excluding hydrogens is 299 g/mol. The quantitative estimate of drug-likeness (QED) is 0.769. The second-order valence-corrected chi connectivity index (χ2v) is 4.97. The van der Waals surface area contributed by atoms with Gasteiger partial charge in [-0.2, -0.15) is 0 Å². The van der Waals surface area contributed by atoms with E-state index in [4.69, 9.17) is 27.6 Å². The molecule has 3 rings (SSSR count). The van der Waals surface area contributed by atoms with Crippen LogP contribution in [0.2, 0.25) is 10.0 Å². The summed E-state index contributed by atoms with van der Waals surface area (Å²) < 4.78 is 5.18. The highest BCUT2D eigenvalue weighted by molar-refractivity contribution is 6.35. The van der Waals surface area contributed by atoms with E-state index in [1.807, 2.05) is 6.07 Å². The van der Waals surface area contributed by atoms with Crippen LogP contribution in [0.4, 0.5) is 11.5 Å². The molecule has 0 saturated heterocycles. The van der Waals surface area contributed by atoms with E-state index in [1.54, 1.807) is 36.4 Å². The summed E-state index contributed by atoms with van der Waals surface area (Å²) in [7, 11) is 0. The Balaban J connectivity index is 2.06. The SMILES string of the molecule is O=c1oc2ccccc2nc1Nc1cc(Cl)cc(Cl)c1. The first-order valence-corrected chi connectivity index (χ1v) is 6.50. The maximum Gasteiger partial charge on any atom is 0.379 e. The average Bonchev–Trinajstić information content (AvgIpc) is 2.38. The van der Waals surface area contributed by atoms with Crippen molar-refractivity contribution in [2.24, 2.45) is 0 Å². The Morgan fingerprint density at radius 2 is 1.75 bits per heavy atom. The fourth-order valence-electron chi connectivity index (χ4n) is 1.79. The highest BCUT2D eigenvalue weighted by atomic mass is 35.5. The molecule has 0 unspecified atom stereocenters. The molecule has 2 aromatic carbocycles. The molecule has 0 aliphatic rings. The summed E-state index contributed by atoms with van der Waals surface area (Å²) in [6, 6.07) is 11.9. The lowest BCUT2D eigenvalue weighted by Crippen LogP contribution is -2.09. The fraction of sp³-hybridized carbons (Fsp3) is 0. The molecule has 0 atom stereocenters. The lowest BCUT2D eigenvalue weighted by molar-refractivity contribution is 0.558. The number of nitrogens with one attached hydrogen (secondary N) is 1. The molecule has 0 spiro atoms. The molecule has 3 aromatic rings. The second-order valence-electron chi connectivity index (χ2n) is 4.10. The number of anilines is 2. The topological polar surface area (TPSA) is 55.1 Å². The molecule has 0 aliphatic carbocycles. The number of benzene rings is 2. The first-order chi connectivity index (χ1) is 9.61. The molecule has 0 bridgehead atoms. The summed E-state index contributed by atoms with van der Waals surface area (Å²) in [6.07, 6.45) is 0. The number of rotatable bonds is 2. The number of fused-ring (bicyclic) bond motifs is 1. The smallest absolute Gasteiger partial charge is 0.379 e. The van der Waals surface area contributed by atoms with Crippen LogP contribution in [0.3, 0.4) is 0 Å². The van der Waals surface area contributed by atoms with Crippen LogP contribution in [0.25, 0.3) is 11.1 Å². The van der Waals surface area contributed by atoms with Crippen LogP contribution >= 0.6 is 23.2 Å². The lowest BCUT2D eigenvalue weighted by atomic mass is 10.3. The normalized spacial score (nSPS) is 10.7. The molecule has 0 radical (unpaired) electrons. The van der Waals surface area contributed by atoms with Crippen molar-refractivity contribution in [3.8, 4) is 0 Å². The summed E-state index contributed by atoms with van der Waals surface area (Å²) in [4.78, 5) is 16.1. The molecule has 4 nitrogen and oxygen atoms in total. The molecule has 1 aromatic heterocycles. The molecule has 6 heteroatoms. The van der Waals surface area contributed by atoms with E-state index in [1.165, 1.54) is 0 Å². The zero-order chi connectivity index (χ0) is 14.1. The van der Waals surface area contributed by atoms with Gasteiger partial charge < -0.3 is 9.73 Å². The third kappa shape index (κ3) is 2.61. The van der Waals surface area contributed by atoms with Gasteiger partial charge in [0.05, 0.1) is 0 Å². The van der Waals surface area contributed by atoms with Gasteiger partial charge in [0.15, 0.2) is 5.58 Å². The molecule has 1 heterocycles. The van der Waals surface area contributed by atoms with Crippen LogP contribution in [-0.4, -0.2) is 4.98 Å². The van der Waals surface area contributed by atoms with Crippen LogP contribution in [-0.2, 0) is 0 Å². The van der Waals surface area contributed by atoms with Gasteiger partial charge in [0.1, 0.15) is 5.52 Å². The van der Waals surface area contributed by atoms with E-state index in [0.717, 1.165) is 0 Å². The van der Waals surface area contributed by atoms with E-state index in [0.29, 0.717) is 26.8 Å². The van der Waals surface area contributed by atoms with Crippen molar-refractivity contribution in [3.63, 3.8) is 0 Å². The summed E-state index contributed by atoms with van der Waals surface area (Å²) >= 11 is 11.8. The van der Waals surface area contributed by atoms with E-state index < -0.39 is 5.63 Å². The van der Waals surface area contributed by atoms with Gasteiger partial charge in [0.25, 0.3) is 0 Å². The van der Waals surface area contributed by atoms with Gasteiger partial charge in [-0.25, -0.2) is 9.78 Å². The minimum atomic E-state index is -0.556. The Morgan fingerprint density at radius 3 is 2.50 bits per heavy atom. The Hall–Kier alpha value is -2.04. The zero-order valence-corrected chi connectivity index (χ0v) is 11.6. The number of para-hydroxylation sites is 2. The first-order valence-electron chi connectivity index (χ1n) is 5.75. The maximum absolute atomic E-state index is 11.8. The van der Waals surface area contributed by atoms with Crippen LogP contribution < -0.4 is 10.9 Å². The van der Waals surface area contributed by atoms with Crippen LogP contribution in [0.15, 0.2) is 51.7 Å². The third-order valence-electron chi connectivity index (χ3n) is 2.62. The van der Waals surface area contributed by atoms with Crippen molar-refractivity contribution in [2.75, 3.05) is 5.32 Å². The van der Waals surface area contributed by atoms with E-state index in [9.17, 15) is 4.79 Å². The van der Waals surface area contributed by atoms with Crippen molar-refractivity contribution in [1.29, 1.82) is 0 Å². The summed E-state index contributed by atoms with van der Waals surface area (Å²) in [6.45, 7) is 0. The number of nitrogens with zero attached hydrogens (tertiary/aromatic N) is 1. The Kier molecular flexibility index (Phi) is 3.34. The Morgan fingerprint density at radius 1 is 1.05 bits per heavy atom. The first kappa shape index (κ1) is 13.0. The van der Waals surface area contributed by atoms with Crippen molar-refractivity contribution in [3.05, 3.63) is 62.9 Å². The second kappa shape index (κ2) is 5.15. The van der Waals surface area contributed by atoms with E-state index in [-0.39, 0.29) is 5.82 Å². The number of hydrogen-bond acceptors (Lipinski definition) is 4. The van der Waals surface area contributed by atoms with E-state index >= 15 is 0 Å². The van der Waals surface area contributed by atoms with Gasteiger partial charge in [0.2, 0.25) is 5.82 Å². The predicted octanol–water partition coefficient (Wildman–Crippen LogP) is 4.24. The zero-order valence-electron chi connectivity index (χ0n) is 10.1. The molecule has 0 aliphatic heterocycles. The van der Waals surface area contributed by atoms with Crippen molar-refractivity contribution in [2.45, 2.75) is 0 Å². The van der Waals surface area contributed by atoms with Gasteiger partial charge in [-0.1, -0.05) is 35.3 Å². The lowest BCUT2D eigenvalue weighted by Gasteiger charge is -2.06. The molecule has 1 N–H and O–H groups in total. The van der Waals surface area contributed by atoms with Gasteiger partial charge in [-0.3, -0.25) is 0 Å². The minimum absolute atomic E-state index is 0.0852. The standard InChI is InChI=1S/C14H8Cl2N2O2/c15-8-5-9(16)7-10(6-8)17-13-14(19)20-12-4-2-1-3-11(12)18-13/h1-7H,(H,17,18). The monoisotopic (exact) mass is 306 g/mol. The Labute approximate surface area is 124 Å². The van der Waals surface area contributed by atoms with Gasteiger partial charge in [-0.15, -0.1) is 0 Å². The van der Waals surface area contributed by atoms with Crippen LogP contribution in [0, 0.1) is 0 Å².